The summed E-state index contributed by atoms with van der Waals surface area (Å²) in [6, 6.07) is 1.03. The molecule has 0 aliphatic carbocycles. The molecule has 0 bridgehead atoms. The van der Waals surface area contributed by atoms with Gasteiger partial charge in [0, 0.05) is 45.2 Å². The first-order chi connectivity index (χ1) is 11.1. The van der Waals surface area contributed by atoms with Crippen molar-refractivity contribution in [3.05, 3.63) is 11.6 Å². The summed E-state index contributed by atoms with van der Waals surface area (Å²) in [7, 11) is 1.82. The van der Waals surface area contributed by atoms with Gasteiger partial charge in [0.05, 0.1) is 6.54 Å². The number of nitrogens with one attached hydrogen (secondary N) is 2. The van der Waals surface area contributed by atoms with Crippen molar-refractivity contribution in [1.29, 1.82) is 0 Å². The summed E-state index contributed by atoms with van der Waals surface area (Å²) in [5.74, 6) is 3.58. The van der Waals surface area contributed by atoms with E-state index in [0.29, 0.717) is 24.5 Å². The van der Waals surface area contributed by atoms with E-state index in [1.54, 1.807) is 0 Å². The summed E-state index contributed by atoms with van der Waals surface area (Å²) in [5.41, 5.74) is 0. The van der Waals surface area contributed by atoms with Gasteiger partial charge in [-0.05, 0) is 26.2 Å². The average molecular weight is 319 g/mol. The molecule has 2 N–H and O–H groups in total. The van der Waals surface area contributed by atoms with E-state index in [4.69, 9.17) is 0 Å². The second-order valence-corrected chi connectivity index (χ2v) is 6.99. The molecule has 0 amide bonds. The fourth-order valence-electron chi connectivity index (χ4n) is 3.49. The Hall–Kier alpha value is -1.63. The minimum atomic E-state index is 0.438. The number of aromatic nitrogens is 3. The van der Waals surface area contributed by atoms with Gasteiger partial charge in [0.2, 0.25) is 0 Å². The Morgan fingerprint density at radius 2 is 2.17 bits per heavy atom. The van der Waals surface area contributed by atoms with Crippen LogP contribution < -0.4 is 10.6 Å². The highest BCUT2D eigenvalue weighted by atomic mass is 15.3. The number of fused-ring (bicyclic) bond motifs is 1. The zero-order valence-corrected chi connectivity index (χ0v) is 14.7. The highest BCUT2D eigenvalue weighted by Crippen LogP contribution is 2.18. The molecule has 7 nitrogen and oxygen atoms in total. The lowest BCUT2D eigenvalue weighted by molar-refractivity contribution is 0.265. The molecular weight excluding hydrogens is 290 g/mol. The van der Waals surface area contributed by atoms with Crippen LogP contribution in [0.25, 0.3) is 0 Å². The second-order valence-electron chi connectivity index (χ2n) is 6.99. The van der Waals surface area contributed by atoms with Gasteiger partial charge in [0.1, 0.15) is 5.82 Å². The van der Waals surface area contributed by atoms with Crippen LogP contribution in [-0.2, 0) is 19.5 Å². The van der Waals surface area contributed by atoms with Crippen molar-refractivity contribution in [2.24, 2.45) is 10.9 Å². The standard InChI is InChI=1S/C16H29N7/c1-11(2)22-9-12(3)13(10-22)19-16(17-4)18-8-15-21-20-14-6-5-7-23(14)15/h11-13H,5-10H2,1-4H3,(H2,17,18,19). The molecular formula is C16H29N7. The third-order valence-corrected chi connectivity index (χ3v) is 5.02. The summed E-state index contributed by atoms with van der Waals surface area (Å²) in [4.78, 5) is 6.88. The maximum absolute atomic E-state index is 4.37. The van der Waals surface area contributed by atoms with Crippen molar-refractivity contribution < 1.29 is 0 Å². The highest BCUT2D eigenvalue weighted by molar-refractivity contribution is 5.80. The molecule has 7 heteroatoms. The Morgan fingerprint density at radius 3 is 2.87 bits per heavy atom. The maximum Gasteiger partial charge on any atom is 0.191 e. The molecule has 3 heterocycles. The molecule has 2 aliphatic heterocycles. The van der Waals surface area contributed by atoms with Crippen molar-refractivity contribution >= 4 is 5.96 Å². The van der Waals surface area contributed by atoms with Gasteiger partial charge in [-0.15, -0.1) is 10.2 Å². The molecule has 23 heavy (non-hydrogen) atoms. The van der Waals surface area contributed by atoms with Crippen LogP contribution in [0.15, 0.2) is 4.99 Å². The van der Waals surface area contributed by atoms with E-state index in [0.717, 1.165) is 43.7 Å². The minimum Gasteiger partial charge on any atom is -0.352 e. The molecule has 2 atom stereocenters. The van der Waals surface area contributed by atoms with Crippen LogP contribution >= 0.6 is 0 Å². The fraction of sp³-hybridized carbons (Fsp3) is 0.812. The lowest BCUT2D eigenvalue weighted by Crippen LogP contribution is -2.46. The first kappa shape index (κ1) is 16.2. The molecule has 128 valence electrons. The smallest absolute Gasteiger partial charge is 0.191 e. The van der Waals surface area contributed by atoms with E-state index in [9.17, 15) is 0 Å². The van der Waals surface area contributed by atoms with E-state index in [1.807, 2.05) is 7.05 Å². The van der Waals surface area contributed by atoms with Gasteiger partial charge in [-0.3, -0.25) is 9.89 Å². The summed E-state index contributed by atoms with van der Waals surface area (Å²) >= 11 is 0. The number of aryl methyl sites for hydroxylation is 1. The van der Waals surface area contributed by atoms with Gasteiger partial charge in [0.15, 0.2) is 11.8 Å². The van der Waals surface area contributed by atoms with Gasteiger partial charge in [-0.1, -0.05) is 6.92 Å². The Labute approximate surface area is 138 Å². The molecule has 3 rings (SSSR count). The van der Waals surface area contributed by atoms with Crippen molar-refractivity contribution in [1.82, 2.24) is 30.3 Å². The summed E-state index contributed by atoms with van der Waals surface area (Å²) in [6.45, 7) is 10.7. The number of guanidine groups is 1. The molecule has 2 aliphatic rings. The quantitative estimate of drug-likeness (QED) is 0.629. The van der Waals surface area contributed by atoms with Crippen LogP contribution in [-0.4, -0.2) is 57.8 Å². The van der Waals surface area contributed by atoms with Gasteiger partial charge in [-0.25, -0.2) is 0 Å². The third-order valence-electron chi connectivity index (χ3n) is 5.02. The molecule has 2 unspecified atom stereocenters. The molecule has 0 radical (unpaired) electrons. The van der Waals surface area contributed by atoms with E-state index in [2.05, 4.69) is 56.1 Å². The van der Waals surface area contributed by atoms with Crippen LogP contribution in [0, 0.1) is 5.92 Å². The molecule has 0 spiro atoms. The highest BCUT2D eigenvalue weighted by Gasteiger charge is 2.31. The normalized spacial score (nSPS) is 25.2. The summed E-state index contributed by atoms with van der Waals surface area (Å²) in [6.07, 6.45) is 2.22. The fourth-order valence-corrected chi connectivity index (χ4v) is 3.49. The van der Waals surface area contributed by atoms with Gasteiger partial charge in [-0.2, -0.15) is 0 Å². The van der Waals surface area contributed by atoms with Gasteiger partial charge >= 0.3 is 0 Å². The average Bonchev–Trinajstić information content (AvgIpc) is 3.20. The molecule has 1 aromatic heterocycles. The van der Waals surface area contributed by atoms with Crippen LogP contribution in [0.4, 0.5) is 0 Å². The molecule has 0 aromatic carbocycles. The number of aliphatic imine (C=N–C) groups is 1. The van der Waals surface area contributed by atoms with E-state index in [-0.39, 0.29) is 0 Å². The molecule has 0 saturated carbocycles. The predicted octanol–water partition coefficient (Wildman–Crippen LogP) is 0.618. The zero-order chi connectivity index (χ0) is 16.4. The largest absolute Gasteiger partial charge is 0.352 e. The number of hydrogen-bond acceptors (Lipinski definition) is 4. The Morgan fingerprint density at radius 1 is 1.35 bits per heavy atom. The lowest BCUT2D eigenvalue weighted by Gasteiger charge is -2.21. The van der Waals surface area contributed by atoms with E-state index < -0.39 is 0 Å². The van der Waals surface area contributed by atoms with Crippen molar-refractivity contribution in [3.8, 4) is 0 Å². The van der Waals surface area contributed by atoms with Crippen LogP contribution in [0.1, 0.15) is 38.8 Å². The molecule has 1 aromatic rings. The monoisotopic (exact) mass is 319 g/mol. The first-order valence-electron chi connectivity index (χ1n) is 8.70. The Balaban J connectivity index is 1.54. The number of nitrogens with zero attached hydrogens (tertiary/aromatic N) is 5. The molecule has 1 fully saturated rings. The van der Waals surface area contributed by atoms with Crippen molar-refractivity contribution in [2.45, 2.75) is 58.8 Å². The van der Waals surface area contributed by atoms with Gasteiger partial charge < -0.3 is 15.2 Å². The van der Waals surface area contributed by atoms with Crippen LogP contribution in [0.3, 0.4) is 0 Å². The van der Waals surface area contributed by atoms with Gasteiger partial charge in [0.25, 0.3) is 0 Å². The predicted molar refractivity (Wildman–Crippen MR) is 91.3 cm³/mol. The lowest BCUT2D eigenvalue weighted by atomic mass is 10.1. The van der Waals surface area contributed by atoms with Crippen molar-refractivity contribution in [3.63, 3.8) is 0 Å². The number of hydrogen-bond donors (Lipinski definition) is 2. The zero-order valence-electron chi connectivity index (χ0n) is 14.7. The topological polar surface area (TPSA) is 70.4 Å². The third kappa shape index (κ3) is 3.49. The van der Waals surface area contributed by atoms with E-state index in [1.165, 1.54) is 6.42 Å². The SMILES string of the molecule is CN=C(NCc1nnc2n1CCC2)NC1CN(C(C)C)CC1C. The molecule has 1 saturated heterocycles. The Kier molecular flexibility index (Phi) is 4.84. The summed E-state index contributed by atoms with van der Waals surface area (Å²) in [5, 5.41) is 15.5. The number of likely N-dealkylation sites (tertiary alicyclic amines) is 1. The first-order valence-corrected chi connectivity index (χ1v) is 8.70. The second kappa shape index (κ2) is 6.86. The van der Waals surface area contributed by atoms with Crippen molar-refractivity contribution in [2.75, 3.05) is 20.1 Å². The summed E-state index contributed by atoms with van der Waals surface area (Å²) < 4.78 is 2.22. The maximum atomic E-state index is 4.37. The minimum absolute atomic E-state index is 0.438. The van der Waals surface area contributed by atoms with Crippen LogP contribution in [0.5, 0.6) is 0 Å². The Bertz CT molecular complexity index is 563. The van der Waals surface area contributed by atoms with Crippen LogP contribution in [0.2, 0.25) is 0 Å². The number of rotatable bonds is 4. The van der Waals surface area contributed by atoms with E-state index >= 15 is 0 Å².